The van der Waals surface area contributed by atoms with E-state index in [1.807, 2.05) is 25.1 Å². The first kappa shape index (κ1) is 15.2. The molecule has 5 heteroatoms. The smallest absolute Gasteiger partial charge is 0.321 e. The molecule has 1 aromatic rings. The number of aliphatic hydroxyl groups excluding tert-OH is 1. The normalized spacial score (nSPS) is 22.1. The molecule has 2 aliphatic rings. The Morgan fingerprint density at radius 1 is 1.32 bits per heavy atom. The van der Waals surface area contributed by atoms with Crippen LogP contribution in [0.2, 0.25) is 0 Å². The van der Waals surface area contributed by atoms with Crippen LogP contribution in [0, 0.1) is 6.92 Å². The number of rotatable bonds is 3. The van der Waals surface area contributed by atoms with E-state index in [-0.39, 0.29) is 6.03 Å². The molecule has 3 rings (SSSR count). The SMILES string of the molecule is Cc1c(NC(=O)N2CC[C@@H](O)C2)cccc1OC1CCCC1. The van der Waals surface area contributed by atoms with Gasteiger partial charge in [-0.1, -0.05) is 6.07 Å². The van der Waals surface area contributed by atoms with Gasteiger partial charge >= 0.3 is 6.03 Å². The lowest BCUT2D eigenvalue weighted by Gasteiger charge is -2.20. The van der Waals surface area contributed by atoms with Crippen LogP contribution in [-0.4, -0.2) is 41.3 Å². The van der Waals surface area contributed by atoms with Crippen molar-refractivity contribution in [1.82, 2.24) is 4.90 Å². The Bertz CT molecular complexity index is 541. The highest BCUT2D eigenvalue weighted by Gasteiger charge is 2.25. The zero-order chi connectivity index (χ0) is 15.5. The fourth-order valence-corrected chi connectivity index (χ4v) is 3.18. The first-order chi connectivity index (χ1) is 10.6. The average Bonchev–Trinajstić information content (AvgIpc) is 3.15. The molecule has 22 heavy (non-hydrogen) atoms. The molecule has 1 heterocycles. The van der Waals surface area contributed by atoms with Gasteiger partial charge in [-0.2, -0.15) is 0 Å². The topological polar surface area (TPSA) is 61.8 Å². The summed E-state index contributed by atoms with van der Waals surface area (Å²) in [7, 11) is 0. The standard InChI is InChI=1S/C17H24N2O3/c1-12-15(18-17(21)19-10-9-13(20)11-19)7-4-8-16(12)22-14-5-2-3-6-14/h4,7-8,13-14,20H,2-3,5-6,9-11H2,1H3,(H,18,21)/t13-/m1/s1. The molecule has 2 fully saturated rings. The van der Waals surface area contributed by atoms with Crippen LogP contribution >= 0.6 is 0 Å². The summed E-state index contributed by atoms with van der Waals surface area (Å²) in [6, 6.07) is 5.60. The van der Waals surface area contributed by atoms with Crippen LogP contribution in [0.5, 0.6) is 5.75 Å². The third-order valence-corrected chi connectivity index (χ3v) is 4.57. The van der Waals surface area contributed by atoms with E-state index in [0.717, 1.165) is 29.8 Å². The molecule has 0 bridgehead atoms. The highest BCUT2D eigenvalue weighted by Crippen LogP contribution is 2.30. The van der Waals surface area contributed by atoms with Gasteiger partial charge in [0.15, 0.2) is 0 Å². The van der Waals surface area contributed by atoms with Crippen molar-refractivity contribution in [3.05, 3.63) is 23.8 Å². The number of β-amino-alcohol motifs (C(OH)–C–C–N with tert-alkyl or cyclic N) is 1. The third-order valence-electron chi connectivity index (χ3n) is 4.57. The largest absolute Gasteiger partial charge is 0.490 e. The second-order valence-corrected chi connectivity index (χ2v) is 6.27. The number of aliphatic hydroxyl groups is 1. The number of nitrogens with zero attached hydrogens (tertiary/aromatic N) is 1. The van der Waals surface area contributed by atoms with Gasteiger partial charge in [-0.15, -0.1) is 0 Å². The molecular formula is C17H24N2O3. The minimum atomic E-state index is -0.399. The van der Waals surface area contributed by atoms with Gasteiger partial charge in [0.05, 0.1) is 12.2 Å². The van der Waals surface area contributed by atoms with Gasteiger partial charge in [0, 0.05) is 24.3 Å². The quantitative estimate of drug-likeness (QED) is 0.902. The molecular weight excluding hydrogens is 280 g/mol. The minimum absolute atomic E-state index is 0.155. The van der Waals surface area contributed by atoms with E-state index < -0.39 is 6.10 Å². The van der Waals surface area contributed by atoms with Crippen molar-refractivity contribution in [2.75, 3.05) is 18.4 Å². The number of amides is 2. The van der Waals surface area contributed by atoms with E-state index in [0.29, 0.717) is 25.6 Å². The molecule has 1 aromatic carbocycles. The molecule has 120 valence electrons. The van der Waals surface area contributed by atoms with Crippen LogP contribution in [0.25, 0.3) is 0 Å². The van der Waals surface area contributed by atoms with E-state index in [9.17, 15) is 9.90 Å². The van der Waals surface area contributed by atoms with Crippen LogP contribution < -0.4 is 10.1 Å². The molecule has 0 aromatic heterocycles. The summed E-state index contributed by atoms with van der Waals surface area (Å²) in [4.78, 5) is 13.9. The Kier molecular flexibility index (Phi) is 4.52. The molecule has 0 unspecified atom stereocenters. The molecule has 0 radical (unpaired) electrons. The molecule has 5 nitrogen and oxygen atoms in total. The lowest BCUT2D eigenvalue weighted by molar-refractivity contribution is 0.176. The van der Waals surface area contributed by atoms with E-state index in [2.05, 4.69) is 5.32 Å². The summed E-state index contributed by atoms with van der Waals surface area (Å²) < 4.78 is 6.07. The Hall–Kier alpha value is -1.75. The Labute approximate surface area is 131 Å². The Balaban J connectivity index is 1.67. The second-order valence-electron chi connectivity index (χ2n) is 6.27. The van der Waals surface area contributed by atoms with Crippen molar-refractivity contribution in [2.24, 2.45) is 0 Å². The number of hydrogen-bond donors (Lipinski definition) is 2. The molecule has 2 amide bonds. The number of benzene rings is 1. The van der Waals surface area contributed by atoms with Gasteiger partial charge in [0.2, 0.25) is 0 Å². The molecule has 1 aliphatic carbocycles. The van der Waals surface area contributed by atoms with Gasteiger partial charge in [-0.25, -0.2) is 4.79 Å². The highest BCUT2D eigenvalue weighted by molar-refractivity contribution is 5.90. The van der Waals surface area contributed by atoms with Gasteiger partial charge in [0.25, 0.3) is 0 Å². The molecule has 1 saturated carbocycles. The zero-order valence-electron chi connectivity index (χ0n) is 13.0. The van der Waals surface area contributed by atoms with Gasteiger partial charge in [-0.05, 0) is 51.2 Å². The lowest BCUT2D eigenvalue weighted by atomic mass is 10.1. The summed E-state index contributed by atoms with van der Waals surface area (Å²) in [6.07, 6.45) is 5.25. The van der Waals surface area contributed by atoms with E-state index in [1.54, 1.807) is 4.90 Å². The Morgan fingerprint density at radius 3 is 2.77 bits per heavy atom. The summed E-state index contributed by atoms with van der Waals surface area (Å²) in [5.41, 5.74) is 1.74. The predicted octanol–water partition coefficient (Wildman–Crippen LogP) is 2.91. The molecule has 2 N–H and O–H groups in total. The third kappa shape index (κ3) is 3.35. The minimum Gasteiger partial charge on any atom is -0.490 e. The summed E-state index contributed by atoms with van der Waals surface area (Å²) in [5.74, 6) is 0.853. The number of likely N-dealkylation sites (tertiary alicyclic amines) is 1. The van der Waals surface area contributed by atoms with Crippen LogP contribution in [0.4, 0.5) is 10.5 Å². The lowest BCUT2D eigenvalue weighted by Crippen LogP contribution is -2.33. The predicted molar refractivity (Wildman–Crippen MR) is 85.3 cm³/mol. The second kappa shape index (κ2) is 6.57. The number of ether oxygens (including phenoxy) is 1. The number of carbonyl (C=O) groups is 1. The van der Waals surface area contributed by atoms with Crippen LogP contribution in [0.3, 0.4) is 0 Å². The van der Waals surface area contributed by atoms with Crippen molar-refractivity contribution in [1.29, 1.82) is 0 Å². The molecule has 1 saturated heterocycles. The molecule has 1 atom stereocenters. The van der Waals surface area contributed by atoms with Crippen molar-refractivity contribution in [3.63, 3.8) is 0 Å². The maximum Gasteiger partial charge on any atom is 0.321 e. The fourth-order valence-electron chi connectivity index (χ4n) is 3.18. The monoisotopic (exact) mass is 304 g/mol. The van der Waals surface area contributed by atoms with Crippen LogP contribution in [-0.2, 0) is 0 Å². The van der Waals surface area contributed by atoms with Crippen molar-refractivity contribution < 1.29 is 14.6 Å². The maximum absolute atomic E-state index is 12.2. The number of urea groups is 1. The first-order valence-corrected chi connectivity index (χ1v) is 8.14. The van der Waals surface area contributed by atoms with Crippen molar-refractivity contribution in [2.45, 2.75) is 51.2 Å². The highest BCUT2D eigenvalue weighted by atomic mass is 16.5. The number of hydrogen-bond acceptors (Lipinski definition) is 3. The zero-order valence-corrected chi connectivity index (χ0v) is 13.0. The van der Waals surface area contributed by atoms with E-state index in [1.165, 1.54) is 12.8 Å². The summed E-state index contributed by atoms with van der Waals surface area (Å²) >= 11 is 0. The van der Waals surface area contributed by atoms with Crippen molar-refractivity contribution in [3.8, 4) is 5.75 Å². The van der Waals surface area contributed by atoms with E-state index >= 15 is 0 Å². The van der Waals surface area contributed by atoms with Gasteiger partial charge in [-0.3, -0.25) is 0 Å². The fraction of sp³-hybridized carbons (Fsp3) is 0.588. The number of carbonyl (C=O) groups excluding carboxylic acids is 1. The maximum atomic E-state index is 12.2. The first-order valence-electron chi connectivity index (χ1n) is 8.14. The number of anilines is 1. The van der Waals surface area contributed by atoms with Gasteiger partial charge < -0.3 is 20.1 Å². The van der Waals surface area contributed by atoms with Crippen molar-refractivity contribution >= 4 is 11.7 Å². The van der Waals surface area contributed by atoms with E-state index in [4.69, 9.17) is 4.74 Å². The number of nitrogens with one attached hydrogen (secondary N) is 1. The average molecular weight is 304 g/mol. The Morgan fingerprint density at radius 2 is 2.09 bits per heavy atom. The van der Waals surface area contributed by atoms with Gasteiger partial charge in [0.1, 0.15) is 5.75 Å². The summed E-state index contributed by atoms with van der Waals surface area (Å²) in [5, 5.41) is 12.5. The van der Waals surface area contributed by atoms with Crippen LogP contribution in [0.1, 0.15) is 37.7 Å². The van der Waals surface area contributed by atoms with Crippen LogP contribution in [0.15, 0.2) is 18.2 Å². The summed E-state index contributed by atoms with van der Waals surface area (Å²) in [6.45, 7) is 2.98. The molecule has 0 spiro atoms. The molecule has 1 aliphatic heterocycles.